The highest BCUT2D eigenvalue weighted by atomic mass is 32.2. The van der Waals surface area contributed by atoms with Crippen LogP contribution < -0.4 is 14.8 Å². The number of benzene rings is 3. The number of para-hydroxylation sites is 1. The van der Waals surface area contributed by atoms with Crippen molar-refractivity contribution in [3.63, 3.8) is 0 Å². The molecule has 7 nitrogen and oxygen atoms in total. The van der Waals surface area contributed by atoms with Gasteiger partial charge in [0.15, 0.2) is 5.82 Å². The fraction of sp³-hybridized carbons (Fsp3) is 0.235. The largest absolute Gasteiger partial charge is 0.494 e. The summed E-state index contributed by atoms with van der Waals surface area (Å²) < 4.78 is 9.66. The summed E-state index contributed by atoms with van der Waals surface area (Å²) in [7, 11) is 0. The summed E-state index contributed by atoms with van der Waals surface area (Å²) in [5.74, 6) is 2.36. The molecule has 0 bridgehead atoms. The molecule has 0 saturated heterocycles. The first-order valence-electron chi connectivity index (χ1n) is 14.7. The molecule has 0 saturated carbocycles. The van der Waals surface area contributed by atoms with E-state index < -0.39 is 0 Å². The van der Waals surface area contributed by atoms with E-state index in [0.717, 1.165) is 46.0 Å². The molecule has 0 radical (unpaired) electrons. The molecule has 0 unspecified atom stereocenters. The SMILES string of the molecule is CCCCCCOc1ccc(-c2nc3sc(=Cc4cn(-c5ccccc5)nc4-c4ccc(SCC)cc4)c(=O)n3n2)cc1. The van der Waals surface area contributed by atoms with E-state index in [9.17, 15) is 4.79 Å². The number of ether oxygens (including phenoxy) is 1. The van der Waals surface area contributed by atoms with Crippen molar-refractivity contribution < 1.29 is 4.74 Å². The van der Waals surface area contributed by atoms with Gasteiger partial charge in [0.2, 0.25) is 4.96 Å². The lowest BCUT2D eigenvalue weighted by atomic mass is 10.1. The lowest BCUT2D eigenvalue weighted by molar-refractivity contribution is 0.305. The first-order valence-corrected chi connectivity index (χ1v) is 16.5. The van der Waals surface area contributed by atoms with E-state index in [1.165, 1.54) is 40.0 Å². The molecule has 0 N–H and O–H groups in total. The number of fused-ring (bicyclic) bond motifs is 1. The lowest BCUT2D eigenvalue weighted by Gasteiger charge is -2.06. The monoisotopic (exact) mass is 607 g/mol. The van der Waals surface area contributed by atoms with Crippen LogP contribution >= 0.6 is 23.1 Å². The standard InChI is InChI=1S/C34H33N5O2S2/c1-3-5-6-10-21-41-28-17-13-25(14-18-28)32-35-34-39(37-32)33(40)30(43-34)22-26-23-38(27-11-8-7-9-12-27)36-31(26)24-15-19-29(20-16-24)42-4-2/h7-9,11-20,22-23H,3-6,10,21H2,1-2H3. The maximum Gasteiger partial charge on any atom is 0.291 e. The number of nitrogens with zero attached hydrogens (tertiary/aromatic N) is 5. The van der Waals surface area contributed by atoms with Gasteiger partial charge in [0.1, 0.15) is 5.75 Å². The highest BCUT2D eigenvalue weighted by Gasteiger charge is 2.15. The molecular weight excluding hydrogens is 575 g/mol. The minimum atomic E-state index is -0.195. The van der Waals surface area contributed by atoms with Gasteiger partial charge in [0.05, 0.1) is 22.5 Å². The van der Waals surface area contributed by atoms with Crippen molar-refractivity contribution >= 4 is 34.1 Å². The zero-order chi connectivity index (χ0) is 29.6. The second-order valence-corrected chi connectivity index (χ2v) is 12.5. The molecule has 0 spiro atoms. The second kappa shape index (κ2) is 13.4. The number of hydrogen-bond donors (Lipinski definition) is 0. The smallest absolute Gasteiger partial charge is 0.291 e. The molecule has 3 aromatic carbocycles. The topological polar surface area (TPSA) is 74.3 Å². The maximum atomic E-state index is 13.5. The zero-order valence-corrected chi connectivity index (χ0v) is 25.9. The van der Waals surface area contributed by atoms with Crippen molar-refractivity contribution in [3.05, 3.63) is 106 Å². The van der Waals surface area contributed by atoms with Crippen molar-refractivity contribution in [2.45, 2.75) is 44.4 Å². The lowest BCUT2D eigenvalue weighted by Crippen LogP contribution is -2.23. The van der Waals surface area contributed by atoms with Crippen LogP contribution in [0.2, 0.25) is 0 Å². The highest BCUT2D eigenvalue weighted by molar-refractivity contribution is 7.99. The Kier molecular flexibility index (Phi) is 9.00. The summed E-state index contributed by atoms with van der Waals surface area (Å²) in [6.07, 6.45) is 8.54. The molecule has 0 aliphatic carbocycles. The summed E-state index contributed by atoms with van der Waals surface area (Å²) in [5, 5.41) is 9.47. The van der Waals surface area contributed by atoms with Crippen molar-refractivity contribution in [2.24, 2.45) is 0 Å². The number of hydrogen-bond acceptors (Lipinski definition) is 7. The average Bonchev–Trinajstić information content (AvgIpc) is 3.73. The van der Waals surface area contributed by atoms with Gasteiger partial charge < -0.3 is 4.74 Å². The molecule has 9 heteroatoms. The molecule has 6 aromatic rings. The van der Waals surface area contributed by atoms with Crippen LogP contribution in [0.25, 0.3) is 39.4 Å². The van der Waals surface area contributed by atoms with Crippen molar-refractivity contribution in [1.29, 1.82) is 0 Å². The molecule has 0 amide bonds. The van der Waals surface area contributed by atoms with Crippen LogP contribution in [0, 0.1) is 0 Å². The molecule has 0 aliphatic heterocycles. The van der Waals surface area contributed by atoms with Crippen LogP contribution in [0.15, 0.2) is 94.7 Å². The Morgan fingerprint density at radius 1 is 0.884 bits per heavy atom. The molecule has 0 aliphatic rings. The van der Waals surface area contributed by atoms with Gasteiger partial charge >= 0.3 is 0 Å². The summed E-state index contributed by atoms with van der Waals surface area (Å²) in [5.41, 5.74) is 4.25. The summed E-state index contributed by atoms with van der Waals surface area (Å²) in [6.45, 7) is 5.06. The van der Waals surface area contributed by atoms with Crippen LogP contribution in [0.5, 0.6) is 5.75 Å². The van der Waals surface area contributed by atoms with E-state index >= 15 is 0 Å². The second-order valence-electron chi connectivity index (χ2n) is 10.1. The Hall–Kier alpha value is -4.21. The predicted molar refractivity (Wildman–Crippen MR) is 176 cm³/mol. The molecular formula is C34H33N5O2S2. The van der Waals surface area contributed by atoms with Gasteiger partial charge in [-0.25, -0.2) is 4.68 Å². The van der Waals surface area contributed by atoms with Gasteiger partial charge in [-0.3, -0.25) is 4.79 Å². The Morgan fingerprint density at radius 3 is 2.37 bits per heavy atom. The third kappa shape index (κ3) is 6.58. The molecule has 43 heavy (non-hydrogen) atoms. The Balaban J connectivity index is 1.30. The minimum Gasteiger partial charge on any atom is -0.494 e. The van der Waals surface area contributed by atoms with Crippen LogP contribution in [0.3, 0.4) is 0 Å². The third-order valence-electron chi connectivity index (χ3n) is 7.05. The quantitative estimate of drug-likeness (QED) is 0.107. The zero-order valence-electron chi connectivity index (χ0n) is 24.3. The Morgan fingerprint density at radius 2 is 1.65 bits per heavy atom. The number of rotatable bonds is 12. The average molecular weight is 608 g/mol. The Labute approximate surface area is 258 Å². The van der Waals surface area contributed by atoms with Crippen LogP contribution in [0.1, 0.15) is 45.1 Å². The molecule has 3 aromatic heterocycles. The molecule has 0 atom stereocenters. The van der Waals surface area contributed by atoms with Crippen molar-refractivity contribution in [3.8, 4) is 34.1 Å². The summed E-state index contributed by atoms with van der Waals surface area (Å²) in [6, 6.07) is 26.1. The van der Waals surface area contributed by atoms with E-state index in [4.69, 9.17) is 9.84 Å². The van der Waals surface area contributed by atoms with E-state index in [1.54, 1.807) is 11.8 Å². The van der Waals surface area contributed by atoms with E-state index in [2.05, 4.69) is 48.2 Å². The van der Waals surface area contributed by atoms with Crippen molar-refractivity contribution in [2.75, 3.05) is 12.4 Å². The van der Waals surface area contributed by atoms with Gasteiger partial charge in [0.25, 0.3) is 5.56 Å². The van der Waals surface area contributed by atoms with Gasteiger partial charge in [-0.15, -0.1) is 16.9 Å². The first-order chi connectivity index (χ1) is 21.1. The fourth-order valence-corrected chi connectivity index (χ4v) is 6.38. The predicted octanol–water partition coefficient (Wildman–Crippen LogP) is 7.29. The van der Waals surface area contributed by atoms with Gasteiger partial charge in [-0.2, -0.15) is 14.6 Å². The molecule has 3 heterocycles. The maximum absolute atomic E-state index is 13.5. The number of thiazole rings is 1. The fourth-order valence-electron chi connectivity index (χ4n) is 4.82. The normalized spacial score (nSPS) is 11.9. The van der Waals surface area contributed by atoms with E-state index in [-0.39, 0.29) is 5.56 Å². The van der Waals surface area contributed by atoms with Crippen LogP contribution in [-0.4, -0.2) is 36.7 Å². The van der Waals surface area contributed by atoms with Crippen LogP contribution in [-0.2, 0) is 0 Å². The van der Waals surface area contributed by atoms with E-state index in [0.29, 0.717) is 21.9 Å². The number of aromatic nitrogens is 5. The molecule has 6 rings (SSSR count). The minimum absolute atomic E-state index is 0.195. The van der Waals surface area contributed by atoms with Gasteiger partial charge in [0, 0.05) is 27.8 Å². The van der Waals surface area contributed by atoms with E-state index in [1.807, 2.05) is 71.6 Å². The molecule has 218 valence electrons. The number of thioether (sulfide) groups is 1. The van der Waals surface area contributed by atoms with Gasteiger partial charge in [-0.05, 0) is 66.8 Å². The summed E-state index contributed by atoms with van der Waals surface area (Å²) >= 11 is 3.13. The van der Waals surface area contributed by atoms with Crippen molar-refractivity contribution in [1.82, 2.24) is 24.4 Å². The Bertz CT molecular complexity index is 1910. The highest BCUT2D eigenvalue weighted by Crippen LogP contribution is 2.27. The van der Waals surface area contributed by atoms with Gasteiger partial charge in [-0.1, -0.05) is 74.8 Å². The van der Waals surface area contributed by atoms with Crippen LogP contribution in [0.4, 0.5) is 0 Å². The number of unbranched alkanes of at least 4 members (excludes halogenated alkanes) is 3. The third-order valence-corrected chi connectivity index (χ3v) is 8.90. The molecule has 0 fully saturated rings. The first kappa shape index (κ1) is 28.9. The summed E-state index contributed by atoms with van der Waals surface area (Å²) in [4.78, 5) is 19.9.